The number of amides is 1. The van der Waals surface area contributed by atoms with Crippen molar-refractivity contribution in [3.8, 4) is 17.0 Å². The molecule has 0 spiro atoms. The number of nitrogens with one attached hydrogen (secondary N) is 2. The lowest BCUT2D eigenvalue weighted by Gasteiger charge is -2.35. The van der Waals surface area contributed by atoms with Crippen molar-refractivity contribution in [2.45, 2.75) is 26.8 Å². The van der Waals surface area contributed by atoms with Crippen molar-refractivity contribution >= 4 is 40.6 Å². The van der Waals surface area contributed by atoms with Crippen molar-refractivity contribution in [1.82, 2.24) is 14.9 Å². The van der Waals surface area contributed by atoms with E-state index in [1.165, 1.54) is 12.4 Å². The van der Waals surface area contributed by atoms with Crippen molar-refractivity contribution in [1.29, 1.82) is 0 Å². The van der Waals surface area contributed by atoms with Gasteiger partial charge in [-0.25, -0.2) is 9.97 Å². The molecular weight excluding hydrogens is 514 g/mol. The van der Waals surface area contributed by atoms with Gasteiger partial charge in [-0.05, 0) is 57.7 Å². The molecule has 1 amide bonds. The average Bonchev–Trinajstić information content (AvgIpc) is 2.98. The van der Waals surface area contributed by atoms with Crippen LogP contribution in [0.25, 0.3) is 17.3 Å². The molecule has 1 saturated heterocycles. The molecule has 0 saturated carbocycles. The number of anilines is 5. The van der Waals surface area contributed by atoms with Crippen LogP contribution in [0.3, 0.4) is 0 Å². The number of hydrogen-bond donors (Lipinski definition) is 2. The number of aromatic nitrogens is 2. The van der Waals surface area contributed by atoms with Crippen LogP contribution in [-0.4, -0.2) is 73.7 Å². The second kappa shape index (κ2) is 13.3. The van der Waals surface area contributed by atoms with Crippen molar-refractivity contribution < 1.29 is 9.53 Å². The minimum absolute atomic E-state index is 0.276. The molecule has 9 heteroatoms. The van der Waals surface area contributed by atoms with Gasteiger partial charge in [0.05, 0.1) is 29.9 Å². The Hall–Kier alpha value is -4.37. The number of carbonyl (C=O) groups is 1. The zero-order valence-electron chi connectivity index (χ0n) is 24.8. The highest BCUT2D eigenvalue weighted by atomic mass is 16.5. The molecule has 0 bridgehead atoms. The van der Waals surface area contributed by atoms with E-state index >= 15 is 0 Å². The molecule has 2 aromatic carbocycles. The zero-order valence-corrected chi connectivity index (χ0v) is 24.8. The Bertz CT molecular complexity index is 1400. The molecule has 9 nitrogen and oxygen atoms in total. The van der Waals surface area contributed by atoms with Crippen LogP contribution in [0, 0.1) is 0 Å². The molecule has 2 N–H and O–H groups in total. The average molecular weight is 556 g/mol. The standard InChI is InChI=1S/C32H41N7O2/c1-8-23-17-24(11-12-28(23)39(10-3)22(4)5)25-19-31(34-21-33-25)35-27-18-26(36-32(40)9-2)29(20-30(27)41-7)38-15-13-37(6)14-16-38/h8-9,11-12,17-22H,1-2,10,13-16H2,3-7H3,(H,36,40)(H,33,34,35). The van der Waals surface area contributed by atoms with Gasteiger partial charge in [0.2, 0.25) is 5.91 Å². The summed E-state index contributed by atoms with van der Waals surface area (Å²) in [4.78, 5) is 28.2. The maximum atomic E-state index is 12.3. The fraction of sp³-hybridized carbons (Fsp3) is 0.344. The predicted molar refractivity (Wildman–Crippen MR) is 171 cm³/mol. The van der Waals surface area contributed by atoms with Gasteiger partial charge >= 0.3 is 0 Å². The number of nitrogens with zero attached hydrogens (tertiary/aromatic N) is 5. The number of carbonyl (C=O) groups excluding carboxylic acids is 1. The minimum Gasteiger partial charge on any atom is -0.494 e. The van der Waals surface area contributed by atoms with E-state index in [2.05, 4.69) is 94.5 Å². The number of rotatable bonds is 11. The van der Waals surface area contributed by atoms with Gasteiger partial charge in [0.15, 0.2) is 0 Å². The Kier molecular flexibility index (Phi) is 9.62. The van der Waals surface area contributed by atoms with Crippen molar-refractivity contribution in [3.63, 3.8) is 0 Å². The van der Waals surface area contributed by atoms with E-state index in [0.29, 0.717) is 29.0 Å². The van der Waals surface area contributed by atoms with E-state index in [-0.39, 0.29) is 5.91 Å². The summed E-state index contributed by atoms with van der Waals surface area (Å²) < 4.78 is 5.78. The molecule has 41 heavy (non-hydrogen) atoms. The van der Waals surface area contributed by atoms with Gasteiger partial charge in [-0.1, -0.05) is 25.3 Å². The highest BCUT2D eigenvalue weighted by Gasteiger charge is 2.21. The van der Waals surface area contributed by atoms with Gasteiger partial charge in [-0.2, -0.15) is 0 Å². The van der Waals surface area contributed by atoms with Crippen molar-refractivity contribution in [3.05, 3.63) is 67.5 Å². The SMILES string of the molecule is C=CC(=O)Nc1cc(Nc2cc(-c3ccc(N(CC)C(C)C)c(C=C)c3)ncn2)c(OC)cc1N1CCN(C)CC1. The first-order valence-corrected chi connectivity index (χ1v) is 14.0. The smallest absolute Gasteiger partial charge is 0.247 e. The molecule has 1 fully saturated rings. The topological polar surface area (TPSA) is 85.9 Å². The molecule has 1 aromatic heterocycles. The van der Waals surface area contributed by atoms with Crippen LogP contribution in [0.1, 0.15) is 26.3 Å². The molecule has 1 aliphatic rings. The highest BCUT2D eigenvalue weighted by molar-refractivity contribution is 6.02. The molecular formula is C32H41N7O2. The van der Waals surface area contributed by atoms with Crippen LogP contribution < -0.4 is 25.2 Å². The van der Waals surface area contributed by atoms with Gasteiger partial charge in [-0.15, -0.1) is 0 Å². The number of benzene rings is 2. The first kappa shape index (κ1) is 29.6. The van der Waals surface area contributed by atoms with E-state index in [9.17, 15) is 4.79 Å². The molecule has 1 aliphatic heterocycles. The largest absolute Gasteiger partial charge is 0.494 e. The summed E-state index contributed by atoms with van der Waals surface area (Å²) in [6, 6.07) is 12.4. The highest BCUT2D eigenvalue weighted by Crippen LogP contribution is 2.39. The molecule has 0 radical (unpaired) electrons. The van der Waals surface area contributed by atoms with Crippen molar-refractivity contribution in [2.24, 2.45) is 0 Å². The number of hydrogen-bond acceptors (Lipinski definition) is 8. The second-order valence-corrected chi connectivity index (χ2v) is 10.3. The maximum absolute atomic E-state index is 12.3. The molecule has 216 valence electrons. The molecule has 0 unspecified atom stereocenters. The summed E-state index contributed by atoms with van der Waals surface area (Å²) in [6.07, 6.45) is 4.69. The predicted octanol–water partition coefficient (Wildman–Crippen LogP) is 5.65. The summed E-state index contributed by atoms with van der Waals surface area (Å²) in [7, 11) is 3.75. The number of ether oxygens (including phenoxy) is 1. The maximum Gasteiger partial charge on any atom is 0.247 e. The van der Waals surface area contributed by atoms with E-state index in [1.807, 2.05) is 24.3 Å². The first-order chi connectivity index (χ1) is 19.8. The van der Waals surface area contributed by atoms with Gasteiger partial charge in [-0.3, -0.25) is 4.79 Å². The zero-order chi connectivity index (χ0) is 29.5. The molecule has 2 heterocycles. The van der Waals surface area contributed by atoms with Crippen LogP contribution in [0.15, 0.2) is 62.0 Å². The third-order valence-corrected chi connectivity index (χ3v) is 7.35. The van der Waals surface area contributed by atoms with Crippen molar-refractivity contribution in [2.75, 3.05) is 67.3 Å². The summed E-state index contributed by atoms with van der Waals surface area (Å²) in [5, 5.41) is 6.35. The molecule has 0 aliphatic carbocycles. The van der Waals surface area contributed by atoms with E-state index in [0.717, 1.165) is 60.9 Å². The fourth-order valence-corrected chi connectivity index (χ4v) is 5.10. The van der Waals surface area contributed by atoms with Gasteiger partial charge in [0.25, 0.3) is 0 Å². The molecule has 0 atom stereocenters. The monoisotopic (exact) mass is 555 g/mol. The van der Waals surface area contributed by atoms with Gasteiger partial charge in [0.1, 0.15) is 17.9 Å². The third-order valence-electron chi connectivity index (χ3n) is 7.35. The van der Waals surface area contributed by atoms with Crippen LogP contribution in [-0.2, 0) is 4.79 Å². The Morgan fingerprint density at radius 2 is 1.85 bits per heavy atom. The molecule has 3 aromatic rings. The lowest BCUT2D eigenvalue weighted by Crippen LogP contribution is -2.44. The van der Waals surface area contributed by atoms with Gasteiger partial charge < -0.3 is 30.1 Å². The summed E-state index contributed by atoms with van der Waals surface area (Å²) in [5.74, 6) is 0.965. The van der Waals surface area contributed by atoms with Gasteiger partial charge in [0, 0.05) is 62.1 Å². The quantitative estimate of drug-likeness (QED) is 0.294. The summed E-state index contributed by atoms with van der Waals surface area (Å²) in [5.41, 5.74) is 6.19. The Morgan fingerprint density at radius 3 is 2.49 bits per heavy atom. The van der Waals surface area contributed by atoms with Crippen LogP contribution >= 0.6 is 0 Å². The normalized spacial score (nSPS) is 13.6. The number of methoxy groups -OCH3 is 1. The number of piperazine rings is 1. The minimum atomic E-state index is -0.276. The lowest BCUT2D eigenvalue weighted by molar-refractivity contribution is -0.111. The first-order valence-electron chi connectivity index (χ1n) is 14.0. The van der Waals surface area contributed by atoms with E-state index < -0.39 is 0 Å². The number of likely N-dealkylation sites (N-methyl/N-ethyl adjacent to an activating group) is 1. The van der Waals surface area contributed by atoms with E-state index in [4.69, 9.17) is 4.74 Å². The van der Waals surface area contributed by atoms with Crippen LogP contribution in [0.2, 0.25) is 0 Å². The second-order valence-electron chi connectivity index (χ2n) is 10.3. The fourth-order valence-electron chi connectivity index (χ4n) is 5.10. The Labute approximate surface area is 243 Å². The third kappa shape index (κ3) is 6.86. The molecule has 4 rings (SSSR count). The Balaban J connectivity index is 1.67. The van der Waals surface area contributed by atoms with Crippen LogP contribution in [0.4, 0.5) is 28.6 Å². The lowest BCUT2D eigenvalue weighted by atomic mass is 10.0. The summed E-state index contributed by atoms with van der Waals surface area (Å²) in [6.45, 7) is 18.7. The van der Waals surface area contributed by atoms with E-state index in [1.54, 1.807) is 7.11 Å². The summed E-state index contributed by atoms with van der Waals surface area (Å²) >= 11 is 0. The van der Waals surface area contributed by atoms with Crippen LogP contribution in [0.5, 0.6) is 5.75 Å². The Morgan fingerprint density at radius 1 is 1.10 bits per heavy atom.